The second-order valence-corrected chi connectivity index (χ2v) is 5.75. The topological polar surface area (TPSA) is 40.6 Å². The van der Waals surface area contributed by atoms with Crippen LogP contribution in [0, 0.1) is 0 Å². The highest BCUT2D eigenvalue weighted by Gasteiger charge is 2.35. The summed E-state index contributed by atoms with van der Waals surface area (Å²) in [4.78, 5) is 27.3. The maximum Gasteiger partial charge on any atom is 0.294 e. The monoisotopic (exact) mass is 296 g/mol. The number of benzene rings is 1. The Morgan fingerprint density at radius 2 is 2.00 bits per heavy atom. The van der Waals surface area contributed by atoms with Crippen molar-refractivity contribution < 1.29 is 9.59 Å². The molecule has 0 saturated carbocycles. The molecule has 0 spiro atoms. The average molecular weight is 297 g/mol. The summed E-state index contributed by atoms with van der Waals surface area (Å²) in [6.45, 7) is 0.282. The normalized spacial score (nSPS) is 17.9. The van der Waals surface area contributed by atoms with E-state index in [4.69, 9.17) is 11.6 Å². The summed E-state index contributed by atoms with van der Waals surface area (Å²) in [6.07, 6.45) is 1.66. The lowest BCUT2D eigenvalue weighted by Crippen LogP contribution is -2.36. The Morgan fingerprint density at radius 3 is 2.63 bits per heavy atom. The van der Waals surface area contributed by atoms with Crippen molar-refractivity contribution in [3.63, 3.8) is 0 Å². The van der Waals surface area contributed by atoms with Crippen LogP contribution < -0.4 is 0 Å². The minimum absolute atomic E-state index is 0.253. The van der Waals surface area contributed by atoms with Gasteiger partial charge in [-0.1, -0.05) is 29.8 Å². The largest absolute Gasteiger partial charge is 0.294 e. The van der Waals surface area contributed by atoms with Crippen molar-refractivity contribution in [1.29, 1.82) is 0 Å². The van der Waals surface area contributed by atoms with Crippen LogP contribution in [0.1, 0.15) is 5.56 Å². The molecule has 100 valence electrons. The Morgan fingerprint density at radius 1 is 1.32 bits per heavy atom. The van der Waals surface area contributed by atoms with Crippen LogP contribution in [0.3, 0.4) is 0 Å². The van der Waals surface area contributed by atoms with Crippen LogP contribution in [-0.4, -0.2) is 41.7 Å². The van der Waals surface area contributed by atoms with Crippen LogP contribution >= 0.6 is 23.4 Å². The van der Waals surface area contributed by atoms with Crippen LogP contribution in [0.4, 0.5) is 4.79 Å². The molecular weight excluding hydrogens is 284 g/mol. The Balaban J connectivity index is 2.26. The molecule has 0 bridgehead atoms. The van der Waals surface area contributed by atoms with Crippen molar-refractivity contribution in [3.8, 4) is 0 Å². The van der Waals surface area contributed by atoms with Crippen LogP contribution in [0.15, 0.2) is 29.2 Å². The molecule has 0 aliphatic carbocycles. The molecule has 1 heterocycles. The van der Waals surface area contributed by atoms with Gasteiger partial charge in [0.25, 0.3) is 11.1 Å². The van der Waals surface area contributed by atoms with E-state index in [-0.39, 0.29) is 17.8 Å². The molecule has 6 heteroatoms. The number of amides is 2. The molecule has 0 N–H and O–H groups in total. The van der Waals surface area contributed by atoms with E-state index in [2.05, 4.69) is 0 Å². The number of carbonyl (C=O) groups excluding carboxylic acids is 2. The molecular formula is C13H13ClN2O2S. The predicted molar refractivity (Wildman–Crippen MR) is 77.8 cm³/mol. The minimum atomic E-state index is -0.274. The smallest absolute Gasteiger partial charge is 0.292 e. The summed E-state index contributed by atoms with van der Waals surface area (Å²) in [5, 5.41) is 0.305. The fraction of sp³-hybridized carbons (Fsp3) is 0.231. The standard InChI is InChI=1S/C13H13ClN2O2S/c1-15(2)8-16-12(17)11(19-13(16)18)7-9-5-3-4-6-10(9)14/h3-7H,8H2,1-2H3/b11-7+. The third kappa shape index (κ3) is 3.18. The fourth-order valence-corrected chi connectivity index (χ4v) is 2.65. The molecule has 19 heavy (non-hydrogen) atoms. The van der Waals surface area contributed by atoms with Gasteiger partial charge in [-0.15, -0.1) is 0 Å². The summed E-state index contributed by atoms with van der Waals surface area (Å²) < 4.78 is 0. The molecule has 1 aliphatic heterocycles. The van der Waals surface area contributed by atoms with Crippen LogP contribution in [0.25, 0.3) is 6.08 Å². The lowest BCUT2D eigenvalue weighted by Gasteiger charge is -2.17. The predicted octanol–water partition coefficient (Wildman–Crippen LogP) is 2.90. The molecule has 0 atom stereocenters. The number of rotatable bonds is 3. The Labute approximate surface area is 121 Å². The molecule has 1 aromatic rings. The highest BCUT2D eigenvalue weighted by atomic mass is 35.5. The van der Waals surface area contributed by atoms with Crippen molar-refractivity contribution in [2.24, 2.45) is 0 Å². The van der Waals surface area contributed by atoms with Crippen LogP contribution in [0.2, 0.25) is 5.02 Å². The molecule has 1 fully saturated rings. The van der Waals surface area contributed by atoms with Crippen molar-refractivity contribution in [2.45, 2.75) is 0 Å². The summed E-state index contributed by atoms with van der Waals surface area (Å²) >= 11 is 6.98. The third-order valence-corrected chi connectivity index (χ3v) is 3.74. The molecule has 1 aliphatic rings. The first-order valence-electron chi connectivity index (χ1n) is 5.63. The first kappa shape index (κ1) is 14.1. The van der Waals surface area contributed by atoms with Gasteiger partial charge >= 0.3 is 0 Å². The molecule has 0 unspecified atom stereocenters. The van der Waals surface area contributed by atoms with E-state index < -0.39 is 0 Å². The van der Waals surface area contributed by atoms with Gasteiger partial charge in [0.1, 0.15) is 0 Å². The third-order valence-electron chi connectivity index (χ3n) is 2.49. The Hall–Kier alpha value is -1.30. The van der Waals surface area contributed by atoms with Crippen LogP contribution in [0.5, 0.6) is 0 Å². The Kier molecular flexibility index (Phi) is 4.29. The quantitative estimate of drug-likeness (QED) is 0.804. The van der Waals surface area contributed by atoms with Gasteiger partial charge < -0.3 is 0 Å². The minimum Gasteiger partial charge on any atom is -0.292 e. The molecule has 2 amide bonds. The highest BCUT2D eigenvalue weighted by Crippen LogP contribution is 2.33. The number of imide groups is 1. The van der Waals surface area contributed by atoms with Gasteiger partial charge in [0.05, 0.1) is 11.6 Å². The van der Waals surface area contributed by atoms with Gasteiger partial charge in [0.15, 0.2) is 0 Å². The Bertz CT molecular complexity index is 557. The van der Waals surface area contributed by atoms with Crippen molar-refractivity contribution >= 4 is 40.6 Å². The van der Waals surface area contributed by atoms with Crippen molar-refractivity contribution in [2.75, 3.05) is 20.8 Å². The van der Waals surface area contributed by atoms with E-state index in [1.54, 1.807) is 31.1 Å². The number of hydrogen-bond acceptors (Lipinski definition) is 4. The van der Waals surface area contributed by atoms with Crippen LogP contribution in [-0.2, 0) is 4.79 Å². The summed E-state index contributed by atoms with van der Waals surface area (Å²) in [5.41, 5.74) is 0.736. The second-order valence-electron chi connectivity index (χ2n) is 4.35. The SMILES string of the molecule is CN(C)CN1C(=O)S/C(=C/c2ccccc2Cl)C1=O. The first-order valence-corrected chi connectivity index (χ1v) is 6.83. The van der Waals surface area contributed by atoms with Gasteiger partial charge in [-0.3, -0.25) is 19.4 Å². The number of hydrogen-bond donors (Lipinski definition) is 0. The van der Waals surface area contributed by atoms with E-state index in [1.807, 2.05) is 18.2 Å². The maximum absolute atomic E-state index is 12.1. The molecule has 1 saturated heterocycles. The van der Waals surface area contributed by atoms with E-state index in [9.17, 15) is 9.59 Å². The zero-order chi connectivity index (χ0) is 14.0. The first-order chi connectivity index (χ1) is 8.99. The van der Waals surface area contributed by atoms with E-state index >= 15 is 0 Å². The summed E-state index contributed by atoms with van der Waals surface area (Å²) in [5.74, 6) is -0.274. The molecule has 4 nitrogen and oxygen atoms in total. The van der Waals surface area contributed by atoms with E-state index in [1.165, 1.54) is 4.90 Å². The number of carbonyl (C=O) groups is 2. The lowest BCUT2D eigenvalue weighted by atomic mass is 10.2. The molecule has 0 radical (unpaired) electrons. The van der Waals surface area contributed by atoms with E-state index in [0.29, 0.717) is 9.93 Å². The van der Waals surface area contributed by atoms with Gasteiger partial charge in [-0.25, -0.2) is 0 Å². The number of nitrogens with zero attached hydrogens (tertiary/aromatic N) is 2. The van der Waals surface area contributed by atoms with Crippen molar-refractivity contribution in [1.82, 2.24) is 9.80 Å². The van der Waals surface area contributed by atoms with Gasteiger partial charge in [-0.05, 0) is 43.6 Å². The van der Waals surface area contributed by atoms with Gasteiger partial charge in [0.2, 0.25) is 0 Å². The number of thioether (sulfide) groups is 1. The summed E-state index contributed by atoms with van der Waals surface area (Å²) in [6, 6.07) is 7.21. The lowest BCUT2D eigenvalue weighted by molar-refractivity contribution is -0.123. The van der Waals surface area contributed by atoms with E-state index in [0.717, 1.165) is 17.3 Å². The fourth-order valence-electron chi connectivity index (χ4n) is 1.64. The molecule has 0 aromatic heterocycles. The van der Waals surface area contributed by atoms with Crippen molar-refractivity contribution in [3.05, 3.63) is 39.8 Å². The molecule has 2 rings (SSSR count). The maximum atomic E-state index is 12.1. The van der Waals surface area contributed by atoms with Gasteiger partial charge in [-0.2, -0.15) is 0 Å². The second kappa shape index (κ2) is 5.77. The molecule has 1 aromatic carbocycles. The zero-order valence-corrected chi connectivity index (χ0v) is 12.2. The highest BCUT2D eigenvalue weighted by molar-refractivity contribution is 8.18. The number of halogens is 1. The zero-order valence-electron chi connectivity index (χ0n) is 10.6. The van der Waals surface area contributed by atoms with Gasteiger partial charge in [0, 0.05) is 5.02 Å². The average Bonchev–Trinajstić information content (AvgIpc) is 2.60. The summed E-state index contributed by atoms with van der Waals surface area (Å²) in [7, 11) is 3.61.